The molecule has 0 N–H and O–H groups in total. The minimum absolute atomic E-state index is 0.473. The van der Waals surface area contributed by atoms with Crippen LogP contribution in [0.15, 0.2) is 24.3 Å². The second-order valence-electron chi connectivity index (χ2n) is 3.28. The summed E-state index contributed by atoms with van der Waals surface area (Å²) < 4.78 is 4.41. The van der Waals surface area contributed by atoms with Crippen LogP contribution in [0.4, 0.5) is 0 Å². The zero-order chi connectivity index (χ0) is 11.1. The summed E-state index contributed by atoms with van der Waals surface area (Å²) in [5, 5.41) is 0. The molecule has 0 spiro atoms. The monoisotopic (exact) mass is 202 g/mol. The van der Waals surface area contributed by atoms with Crippen molar-refractivity contribution in [3.63, 3.8) is 0 Å². The van der Waals surface area contributed by atoms with Gasteiger partial charge in [-0.1, -0.05) is 35.7 Å². The van der Waals surface area contributed by atoms with E-state index in [4.69, 9.17) is 0 Å². The maximum absolute atomic E-state index is 10.7. The molecule has 0 saturated carbocycles. The number of carbonyl (C=O) groups is 1. The maximum atomic E-state index is 10.7. The Labute approximate surface area is 90.3 Å². The molecule has 78 valence electrons. The second kappa shape index (κ2) is 5.87. The van der Waals surface area contributed by atoms with Gasteiger partial charge in [0.25, 0.3) is 0 Å². The minimum Gasteiger partial charge on any atom is -0.459 e. The molecular weight excluding hydrogens is 188 g/mol. The molecule has 2 nitrogen and oxygen atoms in total. The molecular formula is C13H14O2. The Bertz CT molecular complexity index is 396. The van der Waals surface area contributed by atoms with Crippen molar-refractivity contribution in [2.45, 2.75) is 19.8 Å². The molecule has 1 aromatic rings. The fourth-order valence-corrected chi connectivity index (χ4v) is 1.26. The Morgan fingerprint density at radius 2 is 2.27 bits per heavy atom. The maximum Gasteiger partial charge on any atom is 0.384 e. The molecule has 0 aliphatic carbocycles. The highest BCUT2D eigenvalue weighted by molar-refractivity contribution is 5.88. The normalized spacial score (nSPS) is 8.93. The van der Waals surface area contributed by atoms with E-state index in [1.54, 1.807) is 0 Å². The van der Waals surface area contributed by atoms with Crippen LogP contribution in [-0.2, 0) is 16.0 Å². The van der Waals surface area contributed by atoms with E-state index < -0.39 is 5.97 Å². The van der Waals surface area contributed by atoms with Crippen molar-refractivity contribution in [3.05, 3.63) is 35.4 Å². The predicted octanol–water partition coefficient (Wildman–Crippen LogP) is 2.10. The molecule has 0 aromatic heterocycles. The molecule has 2 heteroatoms. The largest absolute Gasteiger partial charge is 0.459 e. The SMILES string of the molecule is COC(=O)C#CCCc1cccc(C)c1. The lowest BCUT2D eigenvalue weighted by Gasteiger charge is -1.98. The van der Waals surface area contributed by atoms with Crippen LogP contribution in [-0.4, -0.2) is 13.1 Å². The molecule has 0 amide bonds. The van der Waals surface area contributed by atoms with Gasteiger partial charge in [-0.15, -0.1) is 0 Å². The zero-order valence-corrected chi connectivity index (χ0v) is 9.04. The summed E-state index contributed by atoms with van der Waals surface area (Å²) in [6, 6.07) is 8.27. The van der Waals surface area contributed by atoms with E-state index in [-0.39, 0.29) is 0 Å². The first-order chi connectivity index (χ1) is 7.22. The van der Waals surface area contributed by atoms with Gasteiger partial charge in [-0.3, -0.25) is 0 Å². The Morgan fingerprint density at radius 1 is 1.47 bits per heavy atom. The molecule has 15 heavy (non-hydrogen) atoms. The number of hydrogen-bond donors (Lipinski definition) is 0. The molecule has 0 unspecified atom stereocenters. The van der Waals surface area contributed by atoms with Gasteiger partial charge in [0.05, 0.1) is 7.11 Å². The van der Waals surface area contributed by atoms with Gasteiger partial charge in [-0.25, -0.2) is 4.79 Å². The summed E-state index contributed by atoms with van der Waals surface area (Å²) >= 11 is 0. The fraction of sp³-hybridized carbons (Fsp3) is 0.308. The highest BCUT2D eigenvalue weighted by Gasteiger charge is 1.92. The van der Waals surface area contributed by atoms with E-state index in [1.165, 1.54) is 18.2 Å². The van der Waals surface area contributed by atoms with E-state index in [0.29, 0.717) is 6.42 Å². The van der Waals surface area contributed by atoms with Gasteiger partial charge in [0.1, 0.15) is 0 Å². The van der Waals surface area contributed by atoms with Crippen LogP contribution < -0.4 is 0 Å². The number of methoxy groups -OCH3 is 1. The van der Waals surface area contributed by atoms with E-state index >= 15 is 0 Å². The average molecular weight is 202 g/mol. The summed E-state index contributed by atoms with van der Waals surface area (Å²) in [5.41, 5.74) is 2.49. The van der Waals surface area contributed by atoms with Crippen molar-refractivity contribution < 1.29 is 9.53 Å². The molecule has 0 bridgehead atoms. The van der Waals surface area contributed by atoms with Crippen LogP contribution in [0, 0.1) is 18.8 Å². The first kappa shape index (κ1) is 11.3. The number of rotatable bonds is 2. The van der Waals surface area contributed by atoms with Gasteiger partial charge in [0.15, 0.2) is 0 Å². The Hall–Kier alpha value is -1.75. The highest BCUT2D eigenvalue weighted by Crippen LogP contribution is 2.05. The quantitative estimate of drug-likeness (QED) is 0.417. The predicted molar refractivity (Wildman–Crippen MR) is 59.3 cm³/mol. The molecule has 0 saturated heterocycles. The molecule has 0 aliphatic heterocycles. The number of ether oxygens (including phenoxy) is 1. The third-order valence-corrected chi connectivity index (χ3v) is 2.00. The highest BCUT2D eigenvalue weighted by atomic mass is 16.5. The van der Waals surface area contributed by atoms with E-state index in [2.05, 4.69) is 41.7 Å². The van der Waals surface area contributed by atoms with Gasteiger partial charge >= 0.3 is 5.97 Å². The van der Waals surface area contributed by atoms with Crippen molar-refractivity contribution in [1.82, 2.24) is 0 Å². The minimum atomic E-state index is -0.473. The molecule has 0 fully saturated rings. The van der Waals surface area contributed by atoms with Crippen molar-refractivity contribution >= 4 is 5.97 Å². The lowest BCUT2D eigenvalue weighted by atomic mass is 10.1. The van der Waals surface area contributed by atoms with Crippen LogP contribution in [0.1, 0.15) is 17.5 Å². The summed E-state index contributed by atoms with van der Waals surface area (Å²) in [7, 11) is 1.33. The van der Waals surface area contributed by atoms with Gasteiger partial charge in [-0.2, -0.15) is 0 Å². The lowest BCUT2D eigenvalue weighted by molar-refractivity contribution is -0.133. The topological polar surface area (TPSA) is 26.3 Å². The van der Waals surface area contributed by atoms with Gasteiger partial charge < -0.3 is 4.74 Å². The van der Waals surface area contributed by atoms with Crippen molar-refractivity contribution in [2.24, 2.45) is 0 Å². The molecule has 0 atom stereocenters. The number of benzene rings is 1. The van der Waals surface area contributed by atoms with Crippen LogP contribution >= 0.6 is 0 Å². The van der Waals surface area contributed by atoms with E-state index in [0.717, 1.165) is 6.42 Å². The van der Waals surface area contributed by atoms with E-state index in [9.17, 15) is 4.79 Å². The van der Waals surface area contributed by atoms with Crippen LogP contribution in [0.2, 0.25) is 0 Å². The zero-order valence-electron chi connectivity index (χ0n) is 9.04. The molecule has 1 aromatic carbocycles. The molecule has 0 heterocycles. The lowest BCUT2D eigenvalue weighted by Crippen LogP contribution is -1.94. The summed E-state index contributed by atoms with van der Waals surface area (Å²) in [6.45, 7) is 2.06. The summed E-state index contributed by atoms with van der Waals surface area (Å²) in [4.78, 5) is 10.7. The smallest absolute Gasteiger partial charge is 0.384 e. The number of aryl methyl sites for hydroxylation is 2. The Balaban J connectivity index is 2.43. The Kier molecular flexibility index (Phi) is 4.43. The third-order valence-electron chi connectivity index (χ3n) is 2.00. The fourth-order valence-electron chi connectivity index (χ4n) is 1.26. The van der Waals surface area contributed by atoms with Crippen LogP contribution in [0.25, 0.3) is 0 Å². The number of esters is 1. The number of hydrogen-bond acceptors (Lipinski definition) is 2. The third kappa shape index (κ3) is 4.33. The molecule has 0 radical (unpaired) electrons. The Morgan fingerprint density at radius 3 is 2.93 bits per heavy atom. The first-order valence-electron chi connectivity index (χ1n) is 4.84. The van der Waals surface area contributed by atoms with Crippen molar-refractivity contribution in [1.29, 1.82) is 0 Å². The van der Waals surface area contributed by atoms with Crippen molar-refractivity contribution in [3.8, 4) is 11.8 Å². The molecule has 1 rings (SSSR count). The standard InChI is InChI=1S/C13H14O2/c1-11-6-5-8-12(10-11)7-3-4-9-13(14)15-2/h5-6,8,10H,3,7H2,1-2H3. The summed E-state index contributed by atoms with van der Waals surface area (Å²) in [5.74, 6) is 4.71. The van der Waals surface area contributed by atoms with E-state index in [1.807, 2.05) is 6.07 Å². The van der Waals surface area contributed by atoms with Crippen LogP contribution in [0.5, 0.6) is 0 Å². The van der Waals surface area contributed by atoms with Gasteiger partial charge in [-0.05, 0) is 18.9 Å². The average Bonchev–Trinajstić information content (AvgIpc) is 2.24. The first-order valence-corrected chi connectivity index (χ1v) is 4.84. The molecule has 0 aliphatic rings. The summed E-state index contributed by atoms with van der Waals surface area (Å²) in [6.07, 6.45) is 1.55. The number of carbonyl (C=O) groups excluding carboxylic acids is 1. The van der Waals surface area contributed by atoms with Gasteiger partial charge in [0, 0.05) is 12.3 Å². The second-order valence-corrected chi connectivity index (χ2v) is 3.28. The van der Waals surface area contributed by atoms with Gasteiger partial charge in [0.2, 0.25) is 0 Å². The van der Waals surface area contributed by atoms with Crippen LogP contribution in [0.3, 0.4) is 0 Å². The van der Waals surface area contributed by atoms with Crippen molar-refractivity contribution in [2.75, 3.05) is 7.11 Å².